The van der Waals surface area contributed by atoms with E-state index in [1.807, 2.05) is 0 Å². The van der Waals surface area contributed by atoms with E-state index in [0.29, 0.717) is 0 Å². The van der Waals surface area contributed by atoms with E-state index in [-0.39, 0.29) is 0 Å². The molecule has 0 bridgehead atoms. The van der Waals surface area contributed by atoms with Gasteiger partial charge in [0.15, 0.2) is 0 Å². The Morgan fingerprint density at radius 3 is 1.63 bits per heavy atom. The molecule has 0 N–H and O–H groups in total. The van der Waals surface area contributed by atoms with Gasteiger partial charge in [0.1, 0.15) is 0 Å². The molecule has 0 aromatic rings. The van der Waals surface area contributed by atoms with E-state index in [2.05, 4.69) is 41.5 Å². The topological polar surface area (TPSA) is 0 Å². The molecule has 0 radical (unpaired) electrons. The standard InChI is InChI=1S/C19H40/c1-7-11-12-13-14-15-19(16(5)6)18(10-4)17(8-2)9-3/h16-19H,7-15H2,1-6H3. The summed E-state index contributed by atoms with van der Waals surface area (Å²) in [7, 11) is 0. The van der Waals surface area contributed by atoms with E-state index >= 15 is 0 Å². The van der Waals surface area contributed by atoms with Crippen molar-refractivity contribution >= 4 is 0 Å². The molecule has 0 aliphatic heterocycles. The first kappa shape index (κ1) is 19.0. The fourth-order valence-corrected chi connectivity index (χ4v) is 3.91. The minimum Gasteiger partial charge on any atom is -0.0654 e. The third kappa shape index (κ3) is 7.37. The Bertz CT molecular complexity index is 178. The van der Waals surface area contributed by atoms with Crippen LogP contribution in [0.5, 0.6) is 0 Å². The first-order chi connectivity index (χ1) is 9.12. The Kier molecular flexibility index (Phi) is 11.8. The lowest BCUT2D eigenvalue weighted by Gasteiger charge is -2.35. The largest absolute Gasteiger partial charge is 0.0654 e. The minimum atomic E-state index is 0.858. The van der Waals surface area contributed by atoms with Crippen molar-refractivity contribution in [2.24, 2.45) is 23.7 Å². The summed E-state index contributed by atoms with van der Waals surface area (Å²) in [4.78, 5) is 0. The Labute approximate surface area is 123 Å². The fourth-order valence-electron chi connectivity index (χ4n) is 3.91. The van der Waals surface area contributed by atoms with E-state index in [0.717, 1.165) is 23.7 Å². The molecule has 2 atom stereocenters. The Balaban J connectivity index is 4.34. The second kappa shape index (κ2) is 11.8. The predicted octanol–water partition coefficient (Wildman–Crippen LogP) is 7.08. The van der Waals surface area contributed by atoms with Gasteiger partial charge in [-0.3, -0.25) is 0 Å². The molecule has 0 rings (SSSR count). The van der Waals surface area contributed by atoms with Crippen molar-refractivity contribution in [1.29, 1.82) is 0 Å². The number of hydrogen-bond donors (Lipinski definition) is 0. The van der Waals surface area contributed by atoms with E-state index in [1.54, 1.807) is 0 Å². The van der Waals surface area contributed by atoms with Crippen LogP contribution < -0.4 is 0 Å². The summed E-state index contributed by atoms with van der Waals surface area (Å²) in [5.41, 5.74) is 0. The molecule has 0 saturated heterocycles. The van der Waals surface area contributed by atoms with Crippen molar-refractivity contribution in [1.82, 2.24) is 0 Å². The molecule has 116 valence electrons. The van der Waals surface area contributed by atoms with Gasteiger partial charge in [0.05, 0.1) is 0 Å². The minimum absolute atomic E-state index is 0.858. The van der Waals surface area contributed by atoms with Crippen LogP contribution in [-0.4, -0.2) is 0 Å². The van der Waals surface area contributed by atoms with Crippen LogP contribution in [0.15, 0.2) is 0 Å². The van der Waals surface area contributed by atoms with E-state index < -0.39 is 0 Å². The SMILES string of the molecule is CCCCCCCC(C(C)C)C(CC)C(CC)CC. The summed E-state index contributed by atoms with van der Waals surface area (Å²) in [5.74, 6) is 3.72. The zero-order valence-corrected chi connectivity index (χ0v) is 14.7. The normalized spacial score (nSPS) is 15.2. The van der Waals surface area contributed by atoms with Gasteiger partial charge in [-0.05, 0) is 30.1 Å². The Hall–Kier alpha value is 0. The van der Waals surface area contributed by atoms with Crippen LogP contribution in [0, 0.1) is 23.7 Å². The average molecular weight is 269 g/mol. The van der Waals surface area contributed by atoms with Crippen LogP contribution in [0.3, 0.4) is 0 Å². The highest BCUT2D eigenvalue weighted by molar-refractivity contribution is 4.77. The molecule has 0 aromatic heterocycles. The zero-order chi connectivity index (χ0) is 14.7. The van der Waals surface area contributed by atoms with Crippen molar-refractivity contribution in [3.8, 4) is 0 Å². The first-order valence-corrected chi connectivity index (χ1v) is 9.12. The van der Waals surface area contributed by atoms with Gasteiger partial charge < -0.3 is 0 Å². The molecule has 0 saturated carbocycles. The van der Waals surface area contributed by atoms with Gasteiger partial charge in [0, 0.05) is 0 Å². The second-order valence-corrected chi connectivity index (χ2v) is 6.76. The summed E-state index contributed by atoms with van der Waals surface area (Å²) < 4.78 is 0. The van der Waals surface area contributed by atoms with Gasteiger partial charge >= 0.3 is 0 Å². The van der Waals surface area contributed by atoms with Gasteiger partial charge in [0.2, 0.25) is 0 Å². The van der Waals surface area contributed by atoms with E-state index in [1.165, 1.54) is 57.8 Å². The molecule has 0 heteroatoms. The third-order valence-corrected chi connectivity index (χ3v) is 5.17. The van der Waals surface area contributed by atoms with Gasteiger partial charge in [-0.15, -0.1) is 0 Å². The molecule has 0 aliphatic rings. The molecule has 0 nitrogen and oxygen atoms in total. The van der Waals surface area contributed by atoms with Gasteiger partial charge in [-0.25, -0.2) is 0 Å². The van der Waals surface area contributed by atoms with Gasteiger partial charge in [0.25, 0.3) is 0 Å². The molecular weight excluding hydrogens is 228 g/mol. The lowest BCUT2D eigenvalue weighted by atomic mass is 9.71. The van der Waals surface area contributed by atoms with Crippen LogP contribution in [-0.2, 0) is 0 Å². The molecule has 19 heavy (non-hydrogen) atoms. The van der Waals surface area contributed by atoms with Crippen molar-refractivity contribution in [3.05, 3.63) is 0 Å². The maximum Gasteiger partial charge on any atom is -0.0358 e. The third-order valence-electron chi connectivity index (χ3n) is 5.17. The lowest BCUT2D eigenvalue weighted by molar-refractivity contribution is 0.149. The van der Waals surface area contributed by atoms with Crippen LogP contribution in [0.2, 0.25) is 0 Å². The summed E-state index contributed by atoms with van der Waals surface area (Å²) in [5, 5.41) is 0. The molecule has 0 fully saturated rings. The smallest absolute Gasteiger partial charge is 0.0358 e. The van der Waals surface area contributed by atoms with Crippen LogP contribution >= 0.6 is 0 Å². The number of unbranched alkanes of at least 4 members (excludes halogenated alkanes) is 4. The summed E-state index contributed by atoms with van der Waals surface area (Å²) in [6.45, 7) is 14.4. The van der Waals surface area contributed by atoms with Crippen molar-refractivity contribution in [3.63, 3.8) is 0 Å². The monoisotopic (exact) mass is 268 g/mol. The maximum atomic E-state index is 2.45. The Morgan fingerprint density at radius 1 is 0.632 bits per heavy atom. The second-order valence-electron chi connectivity index (χ2n) is 6.76. The molecule has 2 unspecified atom stereocenters. The van der Waals surface area contributed by atoms with Crippen LogP contribution in [0.1, 0.15) is 99.3 Å². The summed E-state index contributed by atoms with van der Waals surface area (Å²) in [6, 6.07) is 0. The van der Waals surface area contributed by atoms with Crippen molar-refractivity contribution in [2.45, 2.75) is 99.3 Å². The molecule has 0 spiro atoms. The molecule has 0 amide bonds. The maximum absolute atomic E-state index is 2.45. The van der Waals surface area contributed by atoms with Gasteiger partial charge in [-0.2, -0.15) is 0 Å². The summed E-state index contributed by atoms with van der Waals surface area (Å²) >= 11 is 0. The highest BCUT2D eigenvalue weighted by Crippen LogP contribution is 2.37. The van der Waals surface area contributed by atoms with Crippen molar-refractivity contribution in [2.75, 3.05) is 0 Å². The van der Waals surface area contributed by atoms with E-state index in [9.17, 15) is 0 Å². The highest BCUT2D eigenvalue weighted by Gasteiger charge is 2.27. The summed E-state index contributed by atoms with van der Waals surface area (Å²) in [6.07, 6.45) is 12.7. The highest BCUT2D eigenvalue weighted by atomic mass is 14.3. The van der Waals surface area contributed by atoms with Gasteiger partial charge in [-0.1, -0.05) is 92.9 Å². The number of rotatable bonds is 12. The molecular formula is C19H40. The number of hydrogen-bond acceptors (Lipinski definition) is 0. The van der Waals surface area contributed by atoms with E-state index in [4.69, 9.17) is 0 Å². The molecule has 0 aliphatic carbocycles. The van der Waals surface area contributed by atoms with Crippen molar-refractivity contribution < 1.29 is 0 Å². The van der Waals surface area contributed by atoms with Crippen LogP contribution in [0.25, 0.3) is 0 Å². The molecule has 0 aromatic carbocycles. The Morgan fingerprint density at radius 2 is 1.21 bits per heavy atom. The first-order valence-electron chi connectivity index (χ1n) is 9.12. The predicted molar refractivity (Wildman–Crippen MR) is 89.6 cm³/mol. The fraction of sp³-hybridized carbons (Fsp3) is 1.00. The average Bonchev–Trinajstić information content (AvgIpc) is 2.40. The zero-order valence-electron chi connectivity index (χ0n) is 14.7. The molecule has 0 heterocycles. The van der Waals surface area contributed by atoms with Crippen LogP contribution in [0.4, 0.5) is 0 Å². The quantitative estimate of drug-likeness (QED) is 0.332. The lowest BCUT2D eigenvalue weighted by Crippen LogP contribution is -2.26.